The maximum atomic E-state index is 11.1. The lowest BCUT2D eigenvalue weighted by atomic mass is 10.0. The zero-order valence-corrected chi connectivity index (χ0v) is 24.3. The second-order valence-corrected chi connectivity index (χ2v) is 11.1. The quantitative estimate of drug-likeness (QED) is 0.219. The number of aromatic carboxylic acids is 1. The Hall–Kier alpha value is -3.39. The molecule has 0 saturated carbocycles. The number of hydrogen-bond acceptors (Lipinski definition) is 6. The van der Waals surface area contributed by atoms with Crippen LogP contribution in [0.4, 0.5) is 11.4 Å². The van der Waals surface area contributed by atoms with E-state index in [0.29, 0.717) is 37.8 Å². The average Bonchev–Trinajstić information content (AvgIpc) is 3.36. The van der Waals surface area contributed by atoms with Crippen LogP contribution in [0.3, 0.4) is 0 Å². The number of carbonyl (C=O) groups is 1. The molecule has 10 heteroatoms. The summed E-state index contributed by atoms with van der Waals surface area (Å²) in [6.07, 6.45) is 0. The van der Waals surface area contributed by atoms with E-state index in [1.165, 1.54) is 0 Å². The van der Waals surface area contributed by atoms with Gasteiger partial charge in [0.15, 0.2) is 0 Å². The fraction of sp³-hybridized carbons (Fsp3) is 0.267. The molecule has 0 amide bonds. The van der Waals surface area contributed by atoms with Gasteiger partial charge in [-0.1, -0.05) is 59.9 Å². The van der Waals surface area contributed by atoms with E-state index in [9.17, 15) is 4.79 Å². The molecule has 1 fully saturated rings. The second-order valence-electron chi connectivity index (χ2n) is 9.85. The third kappa shape index (κ3) is 5.87. The first kappa shape index (κ1) is 28.1. The molecule has 3 aromatic carbocycles. The zero-order chi connectivity index (χ0) is 28.4. The highest BCUT2D eigenvalue weighted by molar-refractivity contribution is 6.39. The number of ether oxygens (including phenoxy) is 1. The fourth-order valence-corrected chi connectivity index (χ4v) is 5.71. The molecule has 2 heterocycles. The minimum atomic E-state index is -0.925. The van der Waals surface area contributed by atoms with Crippen LogP contribution in [0, 0.1) is 0 Å². The Bertz CT molecular complexity index is 1490. The lowest BCUT2D eigenvalue weighted by Gasteiger charge is -2.37. The molecule has 5 rings (SSSR count). The highest BCUT2D eigenvalue weighted by Crippen LogP contribution is 2.39. The Balaban J connectivity index is 1.27. The van der Waals surface area contributed by atoms with Crippen LogP contribution in [0.15, 0.2) is 65.2 Å². The predicted octanol–water partition coefficient (Wildman–Crippen LogP) is 8.03. The van der Waals surface area contributed by atoms with Crippen LogP contribution in [-0.4, -0.2) is 42.4 Å². The molecule has 7 nitrogen and oxygen atoms in total. The van der Waals surface area contributed by atoms with E-state index >= 15 is 0 Å². The summed E-state index contributed by atoms with van der Waals surface area (Å²) in [7, 11) is 0. The van der Waals surface area contributed by atoms with Crippen LogP contribution >= 0.6 is 34.8 Å². The smallest absolute Gasteiger partial charge is 0.335 e. The van der Waals surface area contributed by atoms with Gasteiger partial charge in [-0.3, -0.25) is 0 Å². The molecule has 1 aliphatic heterocycles. The number of halogens is 3. The van der Waals surface area contributed by atoms with Gasteiger partial charge >= 0.3 is 5.97 Å². The summed E-state index contributed by atoms with van der Waals surface area (Å²) in [5.74, 6) is 0.494. The monoisotopic (exact) mass is 599 g/mol. The normalized spacial score (nSPS) is 13.7. The number of benzene rings is 3. The Labute approximate surface area is 247 Å². The van der Waals surface area contributed by atoms with Crippen LogP contribution in [0.5, 0.6) is 5.75 Å². The van der Waals surface area contributed by atoms with E-state index in [2.05, 4.69) is 15.0 Å². The number of rotatable bonds is 8. The molecule has 0 bridgehead atoms. The van der Waals surface area contributed by atoms with Crippen LogP contribution in [0.2, 0.25) is 15.1 Å². The molecule has 208 valence electrons. The first-order chi connectivity index (χ1) is 19.2. The number of nitrogens with zero attached hydrogens (tertiary/aromatic N) is 3. The summed E-state index contributed by atoms with van der Waals surface area (Å²) in [4.78, 5) is 15.6. The summed E-state index contributed by atoms with van der Waals surface area (Å²) >= 11 is 19.6. The van der Waals surface area contributed by atoms with Gasteiger partial charge in [-0.25, -0.2) is 4.79 Å². The maximum absolute atomic E-state index is 11.1. The average molecular weight is 601 g/mol. The Morgan fingerprint density at radius 1 is 0.950 bits per heavy atom. The summed E-state index contributed by atoms with van der Waals surface area (Å²) in [5, 5.41) is 15.0. The molecule has 0 atom stereocenters. The Kier molecular flexibility index (Phi) is 8.45. The largest absolute Gasteiger partial charge is 0.489 e. The van der Waals surface area contributed by atoms with Gasteiger partial charge in [0, 0.05) is 49.4 Å². The van der Waals surface area contributed by atoms with E-state index in [0.717, 1.165) is 43.1 Å². The van der Waals surface area contributed by atoms with Crippen LogP contribution in [-0.2, 0) is 6.61 Å². The van der Waals surface area contributed by atoms with Gasteiger partial charge in [0.25, 0.3) is 0 Å². The number of piperazine rings is 1. The molecule has 1 aromatic heterocycles. The minimum absolute atomic E-state index is 0.0841. The van der Waals surface area contributed by atoms with Gasteiger partial charge in [-0.2, -0.15) is 0 Å². The van der Waals surface area contributed by atoms with Crippen LogP contribution < -0.4 is 14.5 Å². The van der Waals surface area contributed by atoms with Crippen molar-refractivity contribution >= 4 is 52.1 Å². The standard InChI is InChI=1S/C30H28Cl3N3O4/c1-18(2)29-22(28(34-40-29)27-23(31)4-3-5-24(27)32)17-39-21-10-11-26(25(33)16-21)36-14-12-35(13-15-36)20-8-6-19(7-9-20)30(37)38/h3-11,16,18H,12-15,17H2,1-2H3,(H,37,38). The molecule has 0 aliphatic carbocycles. The fourth-order valence-electron chi connectivity index (χ4n) is 4.85. The molecule has 1 saturated heterocycles. The van der Waals surface area contributed by atoms with Gasteiger partial charge in [-0.15, -0.1) is 0 Å². The number of carboxylic acid groups (broad SMARTS) is 1. The van der Waals surface area contributed by atoms with Gasteiger partial charge in [-0.05, 0) is 48.5 Å². The van der Waals surface area contributed by atoms with Crippen molar-refractivity contribution in [2.75, 3.05) is 36.0 Å². The number of anilines is 2. The minimum Gasteiger partial charge on any atom is -0.489 e. The number of aromatic nitrogens is 1. The van der Waals surface area contributed by atoms with Gasteiger partial charge in [0.05, 0.1) is 31.9 Å². The van der Waals surface area contributed by atoms with Crippen molar-refractivity contribution in [1.82, 2.24) is 5.16 Å². The van der Waals surface area contributed by atoms with Crippen molar-refractivity contribution in [3.8, 4) is 17.0 Å². The van der Waals surface area contributed by atoms with E-state index in [-0.39, 0.29) is 18.1 Å². The van der Waals surface area contributed by atoms with Gasteiger partial charge in [0.2, 0.25) is 0 Å². The SMILES string of the molecule is CC(C)c1onc(-c2c(Cl)cccc2Cl)c1COc1ccc(N2CCN(c3ccc(C(=O)O)cc3)CC2)c(Cl)c1. The molecule has 0 spiro atoms. The molecule has 1 aliphatic rings. The van der Waals surface area contributed by atoms with Crippen molar-refractivity contribution in [2.24, 2.45) is 0 Å². The summed E-state index contributed by atoms with van der Waals surface area (Å²) in [6, 6.07) is 18.0. The van der Waals surface area contributed by atoms with Gasteiger partial charge in [0.1, 0.15) is 23.8 Å². The predicted molar refractivity (Wildman–Crippen MR) is 160 cm³/mol. The zero-order valence-electron chi connectivity index (χ0n) is 22.0. The topological polar surface area (TPSA) is 79.0 Å². The van der Waals surface area contributed by atoms with E-state index in [1.807, 2.05) is 44.2 Å². The molecular formula is C30H28Cl3N3O4. The van der Waals surface area contributed by atoms with Crippen molar-refractivity contribution < 1.29 is 19.2 Å². The highest BCUT2D eigenvalue weighted by Gasteiger charge is 2.24. The molecule has 1 N–H and O–H groups in total. The first-order valence-electron chi connectivity index (χ1n) is 12.9. The molecule has 0 unspecified atom stereocenters. The second kappa shape index (κ2) is 12.0. The lowest BCUT2D eigenvalue weighted by Crippen LogP contribution is -2.46. The first-order valence-corrected chi connectivity index (χ1v) is 14.0. The number of hydrogen-bond donors (Lipinski definition) is 1. The Morgan fingerprint density at radius 3 is 2.20 bits per heavy atom. The van der Waals surface area contributed by atoms with Crippen molar-refractivity contribution in [2.45, 2.75) is 26.4 Å². The Morgan fingerprint density at radius 2 is 1.60 bits per heavy atom. The van der Waals surface area contributed by atoms with Crippen molar-refractivity contribution in [3.05, 3.63) is 92.6 Å². The highest BCUT2D eigenvalue weighted by atomic mass is 35.5. The van der Waals surface area contributed by atoms with E-state index in [4.69, 9.17) is 49.2 Å². The number of carboxylic acids is 1. The molecule has 4 aromatic rings. The van der Waals surface area contributed by atoms with Gasteiger partial charge < -0.3 is 24.2 Å². The van der Waals surface area contributed by atoms with Crippen molar-refractivity contribution in [3.63, 3.8) is 0 Å². The molecular weight excluding hydrogens is 573 g/mol. The van der Waals surface area contributed by atoms with Crippen LogP contribution in [0.25, 0.3) is 11.3 Å². The lowest BCUT2D eigenvalue weighted by molar-refractivity contribution is 0.0697. The third-order valence-corrected chi connectivity index (χ3v) is 7.88. The molecule has 40 heavy (non-hydrogen) atoms. The summed E-state index contributed by atoms with van der Waals surface area (Å²) in [5.41, 5.74) is 4.20. The van der Waals surface area contributed by atoms with E-state index < -0.39 is 5.97 Å². The molecule has 0 radical (unpaired) electrons. The van der Waals surface area contributed by atoms with Crippen LogP contribution in [0.1, 0.15) is 41.4 Å². The third-order valence-electron chi connectivity index (χ3n) is 6.94. The maximum Gasteiger partial charge on any atom is 0.335 e. The summed E-state index contributed by atoms with van der Waals surface area (Å²) in [6.45, 7) is 7.40. The summed E-state index contributed by atoms with van der Waals surface area (Å²) < 4.78 is 11.8. The van der Waals surface area contributed by atoms with E-state index in [1.54, 1.807) is 30.3 Å². The van der Waals surface area contributed by atoms with Crippen molar-refractivity contribution in [1.29, 1.82) is 0 Å².